The average Bonchev–Trinajstić information content (AvgIpc) is 4.02. The number of hydrogen-bond donors (Lipinski definition) is 0. The van der Waals surface area contributed by atoms with Crippen molar-refractivity contribution in [1.29, 1.82) is 0 Å². The Morgan fingerprint density at radius 3 is 1.41 bits per heavy atom. The van der Waals surface area contributed by atoms with Gasteiger partial charge in [0.25, 0.3) is 0 Å². The SMILES string of the molecule is c1ccc(C2(c3ccccc3)c3ccccc3N(c3cnc4c(c3)C3(c5ccccc5Sc5cc6c(cc53)-c3ccccc3C63c5ccccc5-c5ccccc53)c3cccnc3-4)c3ccccc32)cc1. The molecule has 3 aliphatic carbocycles. The van der Waals surface area contributed by atoms with E-state index >= 15 is 0 Å². The molecular formula is C67H41N3S. The lowest BCUT2D eigenvalue weighted by Gasteiger charge is -2.46. The van der Waals surface area contributed by atoms with Crippen molar-refractivity contribution in [3.63, 3.8) is 0 Å². The second-order valence-corrected chi connectivity index (χ2v) is 20.6. The molecule has 4 heterocycles. The Morgan fingerprint density at radius 1 is 0.310 bits per heavy atom. The van der Waals surface area contributed by atoms with Gasteiger partial charge in [0.1, 0.15) is 0 Å². The van der Waals surface area contributed by atoms with Gasteiger partial charge in [-0.25, -0.2) is 0 Å². The number of pyridine rings is 2. The predicted octanol–water partition coefficient (Wildman–Crippen LogP) is 15.8. The van der Waals surface area contributed by atoms with Crippen molar-refractivity contribution in [2.75, 3.05) is 4.90 Å². The van der Waals surface area contributed by atoms with E-state index in [1.165, 1.54) is 87.7 Å². The van der Waals surface area contributed by atoms with E-state index in [1.54, 1.807) is 0 Å². The van der Waals surface area contributed by atoms with Crippen LogP contribution in [0.2, 0.25) is 0 Å². The summed E-state index contributed by atoms with van der Waals surface area (Å²) in [5, 5.41) is 0. The maximum absolute atomic E-state index is 5.58. The molecule has 330 valence electrons. The van der Waals surface area contributed by atoms with Crippen LogP contribution in [-0.4, -0.2) is 9.97 Å². The van der Waals surface area contributed by atoms with Crippen molar-refractivity contribution in [2.24, 2.45) is 0 Å². The molecule has 1 unspecified atom stereocenters. The molecule has 1 atom stereocenters. The van der Waals surface area contributed by atoms with Gasteiger partial charge in [-0.2, -0.15) is 0 Å². The van der Waals surface area contributed by atoms with Gasteiger partial charge in [0.05, 0.1) is 50.9 Å². The van der Waals surface area contributed by atoms with Crippen LogP contribution in [0.5, 0.6) is 0 Å². The molecule has 0 bridgehead atoms. The normalized spacial score (nSPS) is 16.9. The van der Waals surface area contributed by atoms with Crippen molar-refractivity contribution in [3.05, 3.63) is 316 Å². The molecule has 4 heteroatoms. The van der Waals surface area contributed by atoms with Crippen LogP contribution in [0.15, 0.2) is 259 Å². The first-order chi connectivity index (χ1) is 35.2. The van der Waals surface area contributed by atoms with Gasteiger partial charge in [-0.3, -0.25) is 9.97 Å². The first-order valence-corrected chi connectivity index (χ1v) is 25.4. The minimum absolute atomic E-state index is 0.454. The van der Waals surface area contributed by atoms with E-state index < -0.39 is 16.2 Å². The van der Waals surface area contributed by atoms with Gasteiger partial charge in [0.15, 0.2) is 0 Å². The average molecular weight is 920 g/mol. The third-order valence-corrected chi connectivity index (χ3v) is 17.6. The monoisotopic (exact) mass is 919 g/mol. The fraction of sp³-hybridized carbons (Fsp3) is 0.0448. The Labute approximate surface area is 416 Å². The number of fused-ring (bicyclic) bond motifs is 21. The summed E-state index contributed by atoms with van der Waals surface area (Å²) < 4.78 is 0. The fourth-order valence-corrected chi connectivity index (χ4v) is 15.2. The Balaban J connectivity index is 0.980. The maximum atomic E-state index is 5.58. The summed E-state index contributed by atoms with van der Waals surface area (Å²) in [6.07, 6.45) is 4.02. The van der Waals surface area contributed by atoms with E-state index in [1.807, 2.05) is 18.0 Å². The number of para-hydroxylation sites is 2. The lowest BCUT2D eigenvalue weighted by molar-refractivity contribution is 0.713. The lowest BCUT2D eigenvalue weighted by Crippen LogP contribution is -2.38. The summed E-state index contributed by atoms with van der Waals surface area (Å²) in [5.41, 5.74) is 23.7. The molecule has 0 saturated heterocycles. The third-order valence-electron chi connectivity index (χ3n) is 16.5. The zero-order valence-corrected chi connectivity index (χ0v) is 39.2. The molecule has 0 fully saturated rings. The highest BCUT2D eigenvalue weighted by Crippen LogP contribution is 2.68. The third kappa shape index (κ3) is 4.76. The van der Waals surface area contributed by atoms with Crippen molar-refractivity contribution in [2.45, 2.75) is 26.0 Å². The molecule has 2 aromatic heterocycles. The van der Waals surface area contributed by atoms with E-state index in [0.717, 1.165) is 39.6 Å². The quantitative estimate of drug-likeness (QED) is 0.177. The Morgan fingerprint density at radius 2 is 0.789 bits per heavy atom. The van der Waals surface area contributed by atoms with Crippen LogP contribution in [-0.2, 0) is 16.2 Å². The van der Waals surface area contributed by atoms with Gasteiger partial charge in [-0.15, -0.1) is 0 Å². The summed E-state index contributed by atoms with van der Waals surface area (Å²) in [5.74, 6) is 0. The summed E-state index contributed by atoms with van der Waals surface area (Å²) in [6, 6.07) is 88.5. The van der Waals surface area contributed by atoms with Crippen molar-refractivity contribution in [3.8, 4) is 33.6 Å². The summed E-state index contributed by atoms with van der Waals surface area (Å²) in [4.78, 5) is 15.8. The molecule has 2 aliphatic heterocycles. The number of nitrogens with zero attached hydrogens (tertiary/aromatic N) is 3. The highest BCUT2D eigenvalue weighted by atomic mass is 32.2. The number of anilines is 3. The van der Waals surface area contributed by atoms with Gasteiger partial charge in [-0.1, -0.05) is 206 Å². The van der Waals surface area contributed by atoms with Crippen LogP contribution in [0.4, 0.5) is 17.1 Å². The number of hydrogen-bond acceptors (Lipinski definition) is 4. The molecule has 5 aliphatic rings. The molecular weight excluding hydrogens is 879 g/mol. The molecule has 16 rings (SSSR count). The number of benzene rings is 9. The lowest BCUT2D eigenvalue weighted by atomic mass is 9.62. The van der Waals surface area contributed by atoms with E-state index in [9.17, 15) is 0 Å². The Hall–Kier alpha value is -8.57. The first-order valence-electron chi connectivity index (χ1n) is 24.6. The van der Waals surface area contributed by atoms with Crippen molar-refractivity contribution >= 4 is 28.8 Å². The van der Waals surface area contributed by atoms with Gasteiger partial charge in [0.2, 0.25) is 0 Å². The van der Waals surface area contributed by atoms with Crippen LogP contribution in [0.1, 0.15) is 66.8 Å². The van der Waals surface area contributed by atoms with Crippen LogP contribution in [0, 0.1) is 0 Å². The largest absolute Gasteiger partial charge is 0.308 e. The predicted molar refractivity (Wildman–Crippen MR) is 286 cm³/mol. The molecule has 0 radical (unpaired) electrons. The minimum Gasteiger partial charge on any atom is -0.308 e. The van der Waals surface area contributed by atoms with E-state index in [0.29, 0.717) is 0 Å². The van der Waals surface area contributed by atoms with Crippen molar-refractivity contribution in [1.82, 2.24) is 9.97 Å². The van der Waals surface area contributed by atoms with E-state index in [-0.39, 0.29) is 0 Å². The fourth-order valence-electron chi connectivity index (χ4n) is 14.0. The molecule has 0 N–H and O–H groups in total. The van der Waals surface area contributed by atoms with Crippen LogP contribution < -0.4 is 4.90 Å². The van der Waals surface area contributed by atoms with Gasteiger partial charge in [-0.05, 0) is 126 Å². The van der Waals surface area contributed by atoms with Crippen molar-refractivity contribution < 1.29 is 0 Å². The minimum atomic E-state index is -0.725. The highest BCUT2D eigenvalue weighted by molar-refractivity contribution is 7.99. The maximum Gasteiger partial charge on any atom is 0.0939 e. The second kappa shape index (κ2) is 14.3. The van der Waals surface area contributed by atoms with Crippen LogP contribution in [0.3, 0.4) is 0 Å². The molecule has 0 amide bonds. The summed E-state index contributed by atoms with van der Waals surface area (Å²) >= 11 is 1.90. The molecule has 2 spiro atoms. The van der Waals surface area contributed by atoms with Gasteiger partial charge in [0, 0.05) is 21.6 Å². The Bertz CT molecular complexity index is 3930. The van der Waals surface area contributed by atoms with E-state index in [2.05, 4.69) is 248 Å². The summed E-state index contributed by atoms with van der Waals surface area (Å²) in [7, 11) is 0. The number of rotatable bonds is 3. The van der Waals surface area contributed by atoms with Crippen LogP contribution >= 0.6 is 11.8 Å². The molecule has 11 aromatic rings. The molecule has 9 aromatic carbocycles. The zero-order valence-electron chi connectivity index (χ0n) is 38.4. The highest BCUT2D eigenvalue weighted by Gasteiger charge is 2.56. The first kappa shape index (κ1) is 39.3. The molecule has 3 nitrogen and oxygen atoms in total. The molecule has 0 saturated carbocycles. The Kier molecular flexibility index (Phi) is 7.89. The topological polar surface area (TPSA) is 29.0 Å². The standard InChI is InChI=1S/C67H41N3S/c1-3-20-42(21-4-1)65(43-22-5-2-6-23-43)52-30-13-16-34-59(52)70(60-35-17-14-31-53(60)65)44-38-58-64(69-41-44)63-55(33-19-37-68-63)67(58)54-32-15-18-36-61(54)71-62-40-56-48(39-57(62)67)47-26-9-12-29-51(47)66(56)49-27-10-7-24-45(49)46-25-8-11-28-50(46)66/h1-41H. The van der Waals surface area contributed by atoms with Gasteiger partial charge >= 0.3 is 0 Å². The molecule has 71 heavy (non-hydrogen) atoms. The van der Waals surface area contributed by atoms with Crippen LogP contribution in [0.25, 0.3) is 33.6 Å². The smallest absolute Gasteiger partial charge is 0.0939 e. The summed E-state index contributed by atoms with van der Waals surface area (Å²) in [6.45, 7) is 0. The van der Waals surface area contributed by atoms with Gasteiger partial charge < -0.3 is 4.90 Å². The zero-order chi connectivity index (χ0) is 46.5. The number of aromatic nitrogens is 2. The van der Waals surface area contributed by atoms with E-state index in [4.69, 9.17) is 9.97 Å². The second-order valence-electron chi connectivity index (χ2n) is 19.5.